The zero-order valence-electron chi connectivity index (χ0n) is 9.40. The van der Waals surface area contributed by atoms with Gasteiger partial charge in [0.05, 0.1) is 13.7 Å². The first kappa shape index (κ1) is 11.2. The molecule has 0 fully saturated rings. The van der Waals surface area contributed by atoms with Gasteiger partial charge >= 0.3 is 0 Å². The summed E-state index contributed by atoms with van der Waals surface area (Å²) in [6.45, 7) is 0.770. The lowest BCUT2D eigenvalue weighted by Crippen LogP contribution is -2.34. The van der Waals surface area contributed by atoms with Crippen LogP contribution in [-0.2, 0) is 5.60 Å². The van der Waals surface area contributed by atoms with Gasteiger partial charge in [0.15, 0.2) is 11.5 Å². The van der Waals surface area contributed by atoms with Crippen molar-refractivity contribution in [3.63, 3.8) is 0 Å². The molecular formula is C12H17NO3. The first-order valence-corrected chi connectivity index (χ1v) is 5.44. The van der Waals surface area contributed by atoms with Gasteiger partial charge < -0.3 is 20.3 Å². The second-order valence-corrected chi connectivity index (χ2v) is 4.02. The molecule has 1 unspecified atom stereocenters. The van der Waals surface area contributed by atoms with E-state index in [1.54, 1.807) is 7.11 Å². The Morgan fingerprint density at radius 1 is 1.56 bits per heavy atom. The van der Waals surface area contributed by atoms with Gasteiger partial charge in [-0.3, -0.25) is 0 Å². The summed E-state index contributed by atoms with van der Waals surface area (Å²) in [7, 11) is 1.59. The van der Waals surface area contributed by atoms with Gasteiger partial charge in [-0.15, -0.1) is 0 Å². The van der Waals surface area contributed by atoms with E-state index in [1.807, 2.05) is 18.2 Å². The van der Waals surface area contributed by atoms with Crippen molar-refractivity contribution in [3.05, 3.63) is 23.8 Å². The molecule has 0 bridgehead atoms. The van der Waals surface area contributed by atoms with Crippen LogP contribution in [0.4, 0.5) is 0 Å². The normalized spacial score (nSPS) is 24.2. The van der Waals surface area contributed by atoms with Crippen molar-refractivity contribution in [1.29, 1.82) is 0 Å². The Morgan fingerprint density at radius 3 is 3.06 bits per heavy atom. The van der Waals surface area contributed by atoms with Crippen LogP contribution < -0.4 is 15.2 Å². The molecule has 1 atom stereocenters. The van der Waals surface area contributed by atoms with E-state index < -0.39 is 5.60 Å². The number of aliphatic hydroxyl groups is 1. The molecule has 1 aromatic carbocycles. The Hall–Kier alpha value is -1.26. The Bertz CT molecular complexity index is 381. The molecule has 1 heterocycles. The number of para-hydroxylation sites is 1. The van der Waals surface area contributed by atoms with Gasteiger partial charge in [0.25, 0.3) is 0 Å². The average molecular weight is 223 g/mol. The summed E-state index contributed by atoms with van der Waals surface area (Å²) in [5.41, 5.74) is 5.40. The van der Waals surface area contributed by atoms with Crippen LogP contribution in [0.1, 0.15) is 18.4 Å². The molecule has 0 aliphatic carbocycles. The number of benzene rings is 1. The third-order valence-corrected chi connectivity index (χ3v) is 3.02. The minimum absolute atomic E-state index is 0.191. The predicted molar refractivity (Wildman–Crippen MR) is 60.7 cm³/mol. The lowest BCUT2D eigenvalue weighted by atomic mass is 9.89. The topological polar surface area (TPSA) is 64.7 Å². The minimum atomic E-state index is -1.000. The molecule has 4 nitrogen and oxygen atoms in total. The van der Waals surface area contributed by atoms with E-state index in [0.717, 1.165) is 12.0 Å². The highest BCUT2D eigenvalue weighted by molar-refractivity contribution is 5.49. The van der Waals surface area contributed by atoms with E-state index in [1.165, 1.54) is 0 Å². The number of methoxy groups -OCH3 is 1. The van der Waals surface area contributed by atoms with Crippen molar-refractivity contribution in [2.45, 2.75) is 18.4 Å². The van der Waals surface area contributed by atoms with Crippen LogP contribution in [0.25, 0.3) is 0 Å². The monoisotopic (exact) mass is 223 g/mol. The molecular weight excluding hydrogens is 206 g/mol. The predicted octanol–water partition coefficient (Wildman–Crippen LogP) is 1.01. The number of ether oxygens (including phenoxy) is 2. The maximum atomic E-state index is 10.5. The van der Waals surface area contributed by atoms with Crippen molar-refractivity contribution >= 4 is 0 Å². The van der Waals surface area contributed by atoms with Gasteiger partial charge in [-0.2, -0.15) is 0 Å². The van der Waals surface area contributed by atoms with Crippen molar-refractivity contribution < 1.29 is 14.6 Å². The molecule has 88 valence electrons. The zero-order valence-corrected chi connectivity index (χ0v) is 9.40. The van der Waals surface area contributed by atoms with Crippen LogP contribution in [-0.4, -0.2) is 25.4 Å². The second-order valence-electron chi connectivity index (χ2n) is 4.02. The number of hydrogen-bond acceptors (Lipinski definition) is 4. The van der Waals surface area contributed by atoms with Crippen molar-refractivity contribution in [2.24, 2.45) is 5.73 Å². The van der Waals surface area contributed by atoms with Gasteiger partial charge in [0.1, 0.15) is 5.60 Å². The molecule has 0 amide bonds. The molecule has 1 aliphatic rings. The van der Waals surface area contributed by atoms with E-state index in [9.17, 15) is 5.11 Å². The van der Waals surface area contributed by atoms with Crippen LogP contribution in [0.15, 0.2) is 18.2 Å². The fourth-order valence-electron chi connectivity index (χ4n) is 2.08. The van der Waals surface area contributed by atoms with Crippen LogP contribution in [0.5, 0.6) is 11.5 Å². The van der Waals surface area contributed by atoms with Gasteiger partial charge in [-0.05, 0) is 18.9 Å². The maximum Gasteiger partial charge on any atom is 0.167 e. The van der Waals surface area contributed by atoms with E-state index in [4.69, 9.17) is 15.2 Å². The molecule has 0 saturated carbocycles. The van der Waals surface area contributed by atoms with E-state index >= 15 is 0 Å². The molecule has 0 aromatic heterocycles. The molecule has 16 heavy (non-hydrogen) atoms. The summed E-state index contributed by atoms with van der Waals surface area (Å²) in [6, 6.07) is 5.50. The van der Waals surface area contributed by atoms with Crippen molar-refractivity contribution in [1.82, 2.24) is 0 Å². The SMILES string of the molecule is COc1cccc2c1OCCCC2(O)CN. The molecule has 3 N–H and O–H groups in total. The third-order valence-electron chi connectivity index (χ3n) is 3.02. The van der Waals surface area contributed by atoms with Crippen LogP contribution in [0.3, 0.4) is 0 Å². The number of nitrogens with two attached hydrogens (primary N) is 1. The Kier molecular flexibility index (Phi) is 3.03. The third kappa shape index (κ3) is 1.74. The molecule has 1 aliphatic heterocycles. The van der Waals surface area contributed by atoms with Crippen LogP contribution >= 0.6 is 0 Å². The van der Waals surface area contributed by atoms with Gasteiger partial charge in [-0.25, -0.2) is 0 Å². The van der Waals surface area contributed by atoms with Crippen LogP contribution in [0.2, 0.25) is 0 Å². The van der Waals surface area contributed by atoms with Gasteiger partial charge in [-0.1, -0.05) is 12.1 Å². The lowest BCUT2D eigenvalue weighted by Gasteiger charge is -2.26. The summed E-state index contributed by atoms with van der Waals surface area (Å²) in [6.07, 6.45) is 1.40. The zero-order chi connectivity index (χ0) is 11.6. The highest BCUT2D eigenvalue weighted by Gasteiger charge is 2.34. The quantitative estimate of drug-likeness (QED) is 0.785. The fourth-order valence-corrected chi connectivity index (χ4v) is 2.08. The largest absolute Gasteiger partial charge is 0.493 e. The molecule has 0 radical (unpaired) electrons. The molecule has 1 aromatic rings. The fraction of sp³-hybridized carbons (Fsp3) is 0.500. The average Bonchev–Trinajstić information content (AvgIpc) is 2.50. The summed E-state index contributed by atoms with van der Waals surface area (Å²) in [5, 5.41) is 10.5. The Labute approximate surface area is 95.0 Å². The second kappa shape index (κ2) is 4.31. The van der Waals surface area contributed by atoms with Crippen molar-refractivity contribution in [2.75, 3.05) is 20.3 Å². The molecule has 2 rings (SSSR count). The first-order valence-electron chi connectivity index (χ1n) is 5.44. The minimum Gasteiger partial charge on any atom is -0.493 e. The Balaban J connectivity index is 2.54. The van der Waals surface area contributed by atoms with Crippen molar-refractivity contribution in [3.8, 4) is 11.5 Å². The van der Waals surface area contributed by atoms with E-state index in [2.05, 4.69) is 0 Å². The standard InChI is InChI=1S/C12H17NO3/c1-15-10-5-2-4-9-11(10)16-7-3-6-12(9,14)8-13/h2,4-5,14H,3,6-8,13H2,1H3. The summed E-state index contributed by atoms with van der Waals surface area (Å²) >= 11 is 0. The molecule has 4 heteroatoms. The maximum absolute atomic E-state index is 10.5. The highest BCUT2D eigenvalue weighted by Crippen LogP contribution is 2.41. The summed E-state index contributed by atoms with van der Waals surface area (Å²) < 4.78 is 10.9. The first-order chi connectivity index (χ1) is 7.71. The van der Waals surface area contributed by atoms with E-state index in [-0.39, 0.29) is 6.54 Å². The lowest BCUT2D eigenvalue weighted by molar-refractivity contribution is 0.0373. The summed E-state index contributed by atoms with van der Waals surface area (Å²) in [5.74, 6) is 1.27. The smallest absolute Gasteiger partial charge is 0.167 e. The molecule has 0 spiro atoms. The highest BCUT2D eigenvalue weighted by atomic mass is 16.5. The Morgan fingerprint density at radius 2 is 2.38 bits per heavy atom. The summed E-state index contributed by atoms with van der Waals surface area (Å²) in [4.78, 5) is 0. The van der Waals surface area contributed by atoms with Crippen LogP contribution in [0, 0.1) is 0 Å². The number of rotatable bonds is 2. The van der Waals surface area contributed by atoms with Gasteiger partial charge in [0.2, 0.25) is 0 Å². The van der Waals surface area contributed by atoms with Gasteiger partial charge in [0, 0.05) is 12.1 Å². The number of fused-ring (bicyclic) bond motifs is 1. The van der Waals surface area contributed by atoms with E-state index in [0.29, 0.717) is 24.5 Å². The number of hydrogen-bond donors (Lipinski definition) is 2. The molecule has 0 saturated heterocycles.